The number of aliphatic hydroxyl groups is 1. The summed E-state index contributed by atoms with van der Waals surface area (Å²) >= 11 is 0. The first kappa shape index (κ1) is 32.2. The molecule has 3 aromatic rings. The summed E-state index contributed by atoms with van der Waals surface area (Å²) in [5.74, 6) is -3.46. The molecule has 0 bridgehead atoms. The van der Waals surface area contributed by atoms with Crippen molar-refractivity contribution >= 4 is 46.5 Å². The largest absolute Gasteiger partial charge is 0.484 e. The number of amides is 6. The molecule has 0 aliphatic carbocycles. The van der Waals surface area contributed by atoms with E-state index < -0.39 is 54.1 Å². The Kier molecular flexibility index (Phi) is 9.39. The number of nitrogens with zero attached hydrogens (tertiary/aromatic N) is 6. The minimum atomic E-state index is -1.12. The van der Waals surface area contributed by atoms with Crippen LogP contribution in [0, 0.1) is 0 Å². The lowest BCUT2D eigenvalue weighted by Crippen LogP contribution is -2.54. The summed E-state index contributed by atoms with van der Waals surface area (Å²) in [7, 11) is 4.97. The van der Waals surface area contributed by atoms with Crippen LogP contribution >= 0.6 is 0 Å². The monoisotopic (exact) mass is 634 g/mol. The SMILES string of the molecule is CNC(=O)C(c1cnc2c(cnn2C)c1)N(CCN(C)CCO)C(=O)COc1ccc2c(c1)C(=O)N(C1CCC(=O)NC1=O)C2=O. The number of aryl methyl sites for hydroxylation is 1. The number of aromatic nitrogens is 3. The zero-order chi connectivity index (χ0) is 33.1. The zero-order valence-corrected chi connectivity index (χ0v) is 25.6. The molecule has 1 saturated heterocycles. The van der Waals surface area contributed by atoms with Crippen molar-refractivity contribution in [1.82, 2.24) is 40.1 Å². The third kappa shape index (κ3) is 6.29. The number of imide groups is 2. The number of carbonyl (C=O) groups is 6. The molecule has 3 N–H and O–H groups in total. The highest BCUT2D eigenvalue weighted by molar-refractivity contribution is 6.23. The van der Waals surface area contributed by atoms with Crippen LogP contribution in [0.15, 0.2) is 36.7 Å². The average Bonchev–Trinajstić information content (AvgIpc) is 3.53. The van der Waals surface area contributed by atoms with Gasteiger partial charge in [0.15, 0.2) is 12.3 Å². The van der Waals surface area contributed by atoms with Gasteiger partial charge in [-0.05, 0) is 37.7 Å². The van der Waals surface area contributed by atoms with Crippen LogP contribution in [0.1, 0.15) is 45.2 Å². The molecular formula is C30H34N8O8. The molecule has 5 rings (SSSR count). The fraction of sp³-hybridized carbons (Fsp3) is 0.400. The van der Waals surface area contributed by atoms with Gasteiger partial charge >= 0.3 is 0 Å². The Balaban J connectivity index is 1.37. The summed E-state index contributed by atoms with van der Waals surface area (Å²) < 4.78 is 7.38. The maximum Gasteiger partial charge on any atom is 0.262 e. The van der Waals surface area contributed by atoms with Crippen molar-refractivity contribution in [3.05, 3.63) is 53.3 Å². The Morgan fingerprint density at radius 3 is 2.59 bits per heavy atom. The van der Waals surface area contributed by atoms with E-state index in [-0.39, 0.29) is 42.9 Å². The van der Waals surface area contributed by atoms with Crippen LogP contribution in [0.25, 0.3) is 11.0 Å². The van der Waals surface area contributed by atoms with Gasteiger partial charge in [-0.3, -0.25) is 43.7 Å². The highest BCUT2D eigenvalue weighted by atomic mass is 16.5. The summed E-state index contributed by atoms with van der Waals surface area (Å²) in [6, 6.07) is 3.68. The van der Waals surface area contributed by atoms with Gasteiger partial charge in [-0.15, -0.1) is 0 Å². The summed E-state index contributed by atoms with van der Waals surface area (Å²) in [5.41, 5.74) is 1.12. The number of hydrogen-bond donors (Lipinski definition) is 3. The molecular weight excluding hydrogens is 600 g/mol. The minimum absolute atomic E-state index is 0.00113. The molecule has 2 atom stereocenters. The van der Waals surface area contributed by atoms with E-state index in [4.69, 9.17) is 4.74 Å². The highest BCUT2D eigenvalue weighted by Crippen LogP contribution is 2.31. The molecule has 242 valence electrons. The quantitative estimate of drug-likeness (QED) is 0.207. The van der Waals surface area contributed by atoms with Gasteiger partial charge in [0.25, 0.3) is 17.7 Å². The van der Waals surface area contributed by atoms with Gasteiger partial charge in [0.05, 0.1) is 23.9 Å². The van der Waals surface area contributed by atoms with E-state index in [1.165, 1.54) is 36.3 Å². The first-order valence-electron chi connectivity index (χ1n) is 14.6. The van der Waals surface area contributed by atoms with Gasteiger partial charge in [-0.2, -0.15) is 5.10 Å². The Morgan fingerprint density at radius 2 is 1.87 bits per heavy atom. The van der Waals surface area contributed by atoms with Crippen molar-refractivity contribution in [2.45, 2.75) is 24.9 Å². The third-order valence-corrected chi connectivity index (χ3v) is 8.01. The van der Waals surface area contributed by atoms with Crippen molar-refractivity contribution in [2.24, 2.45) is 7.05 Å². The Bertz CT molecular complexity index is 1720. The molecule has 0 saturated carbocycles. The van der Waals surface area contributed by atoms with Crippen molar-refractivity contribution in [2.75, 3.05) is 46.9 Å². The topological polar surface area (TPSA) is 196 Å². The second kappa shape index (κ2) is 13.4. The fourth-order valence-electron chi connectivity index (χ4n) is 5.55. The number of benzene rings is 1. The number of aliphatic hydroxyl groups excluding tert-OH is 1. The number of ether oxygens (including phenoxy) is 1. The predicted molar refractivity (Wildman–Crippen MR) is 160 cm³/mol. The zero-order valence-electron chi connectivity index (χ0n) is 25.6. The molecule has 16 heteroatoms. The average molecular weight is 635 g/mol. The summed E-state index contributed by atoms with van der Waals surface area (Å²) in [4.78, 5) is 85.7. The maximum atomic E-state index is 13.8. The van der Waals surface area contributed by atoms with Crippen LogP contribution in [-0.4, -0.2) is 123 Å². The number of hydrogen-bond acceptors (Lipinski definition) is 11. The van der Waals surface area contributed by atoms with E-state index >= 15 is 0 Å². The first-order chi connectivity index (χ1) is 22.0. The molecule has 6 amide bonds. The molecule has 0 spiro atoms. The Hall–Kier alpha value is -5.22. The van der Waals surface area contributed by atoms with Crippen molar-refractivity contribution in [1.29, 1.82) is 0 Å². The molecule has 1 fully saturated rings. The van der Waals surface area contributed by atoms with Crippen molar-refractivity contribution in [3.8, 4) is 5.75 Å². The number of fused-ring (bicyclic) bond motifs is 2. The number of rotatable bonds is 12. The van der Waals surface area contributed by atoms with E-state index in [9.17, 15) is 33.9 Å². The maximum absolute atomic E-state index is 13.8. The number of pyridine rings is 1. The van der Waals surface area contributed by atoms with Gasteiger partial charge in [-0.25, -0.2) is 4.98 Å². The summed E-state index contributed by atoms with van der Waals surface area (Å²) in [5, 5.41) is 19.0. The Morgan fingerprint density at radius 1 is 1.11 bits per heavy atom. The van der Waals surface area contributed by atoms with Crippen LogP contribution in [0.3, 0.4) is 0 Å². The molecule has 2 aromatic heterocycles. The van der Waals surface area contributed by atoms with Crippen molar-refractivity contribution in [3.63, 3.8) is 0 Å². The standard InChI is InChI=1S/C30H34N8O8/c1-31-28(43)25(17-12-18-15-33-36(3)26(18)32-14-17)37(9-8-35(2)10-11-39)24(41)16-46-19-4-5-20-21(13-19)30(45)38(29(20)44)22-6-7-23(40)34-27(22)42/h4-5,12-15,22,25,39H,6-11,16H2,1-3H3,(H,31,43)(H,34,40,42). The fourth-order valence-corrected chi connectivity index (χ4v) is 5.55. The molecule has 16 nitrogen and oxygen atoms in total. The van der Waals surface area contributed by atoms with Gasteiger partial charge < -0.3 is 25.0 Å². The number of likely N-dealkylation sites (N-methyl/N-ethyl adjacent to an activating group) is 2. The molecule has 2 aliphatic heterocycles. The lowest BCUT2D eigenvalue weighted by Gasteiger charge is -2.32. The van der Waals surface area contributed by atoms with E-state index in [1.807, 2.05) is 4.90 Å². The lowest BCUT2D eigenvalue weighted by atomic mass is 10.0. The molecule has 4 heterocycles. The van der Waals surface area contributed by atoms with E-state index in [0.717, 1.165) is 4.90 Å². The van der Waals surface area contributed by atoms with Crippen LogP contribution in [0.4, 0.5) is 0 Å². The van der Waals surface area contributed by atoms with Gasteiger partial charge in [0.1, 0.15) is 17.8 Å². The Labute approximate surface area is 263 Å². The smallest absolute Gasteiger partial charge is 0.262 e. The summed E-state index contributed by atoms with van der Waals surface area (Å²) in [6.45, 7) is 0.171. The van der Waals surface area contributed by atoms with E-state index in [1.54, 1.807) is 31.0 Å². The van der Waals surface area contributed by atoms with Gasteiger partial charge in [0.2, 0.25) is 17.7 Å². The van der Waals surface area contributed by atoms with Crippen LogP contribution in [0.2, 0.25) is 0 Å². The molecule has 1 aromatic carbocycles. The number of piperidine rings is 1. The molecule has 0 radical (unpaired) electrons. The van der Waals surface area contributed by atoms with Crippen LogP contribution in [-0.2, 0) is 26.2 Å². The predicted octanol–water partition coefficient (Wildman–Crippen LogP) is -1.01. The molecule has 2 aliphatic rings. The van der Waals surface area contributed by atoms with Gasteiger partial charge in [0, 0.05) is 57.3 Å². The van der Waals surface area contributed by atoms with E-state index in [0.29, 0.717) is 29.7 Å². The summed E-state index contributed by atoms with van der Waals surface area (Å²) in [6.07, 6.45) is 3.14. The lowest BCUT2D eigenvalue weighted by molar-refractivity contribution is -0.142. The van der Waals surface area contributed by atoms with Crippen LogP contribution < -0.4 is 15.4 Å². The first-order valence-corrected chi connectivity index (χ1v) is 14.6. The third-order valence-electron chi connectivity index (χ3n) is 8.01. The molecule has 46 heavy (non-hydrogen) atoms. The van der Waals surface area contributed by atoms with Crippen molar-refractivity contribution < 1.29 is 38.6 Å². The molecule has 2 unspecified atom stereocenters. The number of carbonyl (C=O) groups excluding carboxylic acids is 6. The highest BCUT2D eigenvalue weighted by Gasteiger charge is 2.44. The van der Waals surface area contributed by atoms with Gasteiger partial charge in [-0.1, -0.05) is 0 Å². The second-order valence-corrected chi connectivity index (χ2v) is 11.0. The minimum Gasteiger partial charge on any atom is -0.484 e. The normalized spacial score (nSPS) is 16.9. The number of nitrogens with one attached hydrogen (secondary N) is 2. The van der Waals surface area contributed by atoms with E-state index in [2.05, 4.69) is 20.7 Å². The second-order valence-electron chi connectivity index (χ2n) is 11.0. The van der Waals surface area contributed by atoms with Crippen LogP contribution in [0.5, 0.6) is 5.75 Å².